The molecule has 3 heterocycles. The fourth-order valence-corrected chi connectivity index (χ4v) is 7.03. The average Bonchev–Trinajstić information content (AvgIpc) is 3.15. The molecule has 7 rings (SSSR count). The van der Waals surface area contributed by atoms with Gasteiger partial charge in [-0.05, 0) is 68.4 Å². The quantitative estimate of drug-likeness (QED) is 0.539. The molecule has 4 bridgehead atoms. The molecule has 0 radical (unpaired) electrons. The summed E-state index contributed by atoms with van der Waals surface area (Å²) in [5.74, 6) is 2.89. The molecule has 0 aromatic carbocycles. The van der Waals surface area contributed by atoms with E-state index in [9.17, 15) is 0 Å². The van der Waals surface area contributed by atoms with E-state index in [0.29, 0.717) is 5.41 Å². The van der Waals surface area contributed by atoms with Gasteiger partial charge >= 0.3 is 0 Å². The standard InChI is InChI=1S/C20H21N3S.2ClH/c1-2-4-21-16(3-1)17-12-24-19-22-18(11-23(17)19)20-8-13-5-14(9-20)7-15(6-13)10-20;;/h1-4,11-15H,5-10H2;2*1H. The molecule has 138 valence electrons. The number of hydrogen-bond acceptors (Lipinski definition) is 3. The van der Waals surface area contributed by atoms with E-state index in [1.54, 1.807) is 11.3 Å². The lowest BCUT2D eigenvalue weighted by molar-refractivity contribution is -0.00696. The first-order valence-electron chi connectivity index (χ1n) is 9.18. The summed E-state index contributed by atoms with van der Waals surface area (Å²) in [5, 5.41) is 2.19. The predicted molar refractivity (Wildman–Crippen MR) is 111 cm³/mol. The summed E-state index contributed by atoms with van der Waals surface area (Å²) in [6, 6.07) is 6.12. The number of nitrogens with zero attached hydrogens (tertiary/aromatic N) is 3. The van der Waals surface area contributed by atoms with Crippen LogP contribution in [0, 0.1) is 17.8 Å². The highest BCUT2D eigenvalue weighted by atomic mass is 35.5. The van der Waals surface area contributed by atoms with Gasteiger partial charge < -0.3 is 0 Å². The van der Waals surface area contributed by atoms with Gasteiger partial charge in [0.2, 0.25) is 0 Å². The van der Waals surface area contributed by atoms with Crippen molar-refractivity contribution in [1.82, 2.24) is 14.4 Å². The first kappa shape index (κ1) is 18.3. The zero-order valence-electron chi connectivity index (χ0n) is 14.5. The minimum atomic E-state index is 0. The van der Waals surface area contributed by atoms with Gasteiger partial charge in [-0.3, -0.25) is 9.38 Å². The highest BCUT2D eigenvalue weighted by Crippen LogP contribution is 2.60. The van der Waals surface area contributed by atoms with Crippen LogP contribution in [0.5, 0.6) is 0 Å². The Morgan fingerprint density at radius 3 is 2.31 bits per heavy atom. The molecule has 4 aliphatic rings. The van der Waals surface area contributed by atoms with Crippen LogP contribution in [-0.2, 0) is 5.41 Å². The molecule has 4 saturated carbocycles. The topological polar surface area (TPSA) is 30.2 Å². The number of fused-ring (bicyclic) bond motifs is 1. The van der Waals surface area contributed by atoms with Crippen LogP contribution in [0.4, 0.5) is 0 Å². The van der Waals surface area contributed by atoms with E-state index in [2.05, 4.69) is 33.1 Å². The van der Waals surface area contributed by atoms with Crippen molar-refractivity contribution in [3.8, 4) is 11.4 Å². The maximum absolute atomic E-state index is 5.10. The molecular formula is C20H23Cl2N3S. The van der Waals surface area contributed by atoms with Gasteiger partial charge in [0.15, 0.2) is 4.96 Å². The van der Waals surface area contributed by atoms with Crippen molar-refractivity contribution in [2.45, 2.75) is 43.9 Å². The van der Waals surface area contributed by atoms with Crippen molar-refractivity contribution in [2.75, 3.05) is 0 Å². The number of pyridine rings is 1. The fraction of sp³-hybridized carbons (Fsp3) is 0.500. The van der Waals surface area contributed by atoms with Gasteiger partial charge in [-0.25, -0.2) is 4.98 Å². The monoisotopic (exact) mass is 407 g/mol. The average molecular weight is 408 g/mol. The van der Waals surface area contributed by atoms with Crippen LogP contribution in [-0.4, -0.2) is 14.4 Å². The molecule has 4 aliphatic carbocycles. The highest BCUT2D eigenvalue weighted by molar-refractivity contribution is 7.15. The maximum atomic E-state index is 5.10. The highest BCUT2D eigenvalue weighted by Gasteiger charge is 2.52. The largest absolute Gasteiger partial charge is 0.288 e. The van der Waals surface area contributed by atoms with E-state index >= 15 is 0 Å². The Balaban J connectivity index is 0.000000841. The molecule has 0 aliphatic heterocycles. The summed E-state index contributed by atoms with van der Waals surface area (Å²) in [5.41, 5.74) is 3.96. The zero-order chi connectivity index (χ0) is 15.7. The lowest BCUT2D eigenvalue weighted by Crippen LogP contribution is -2.48. The molecule has 3 aromatic rings. The van der Waals surface area contributed by atoms with Crippen molar-refractivity contribution in [3.63, 3.8) is 0 Å². The SMILES string of the molecule is Cl.Cl.c1ccc(-c2csc3nc(C45CC6CC(CC(C6)C4)C5)cn23)nc1. The molecule has 4 fully saturated rings. The molecule has 0 saturated heterocycles. The van der Waals surface area contributed by atoms with Gasteiger partial charge in [-0.15, -0.1) is 36.2 Å². The Hall–Kier alpha value is -1.10. The minimum Gasteiger partial charge on any atom is -0.288 e. The number of rotatable bonds is 2. The number of hydrogen-bond donors (Lipinski definition) is 0. The van der Waals surface area contributed by atoms with Gasteiger partial charge in [0.05, 0.1) is 17.1 Å². The van der Waals surface area contributed by atoms with E-state index < -0.39 is 0 Å². The molecule has 0 atom stereocenters. The minimum absolute atomic E-state index is 0. The molecule has 26 heavy (non-hydrogen) atoms. The lowest BCUT2D eigenvalue weighted by Gasteiger charge is -2.56. The number of imidazole rings is 1. The summed E-state index contributed by atoms with van der Waals surface area (Å²) < 4.78 is 2.28. The number of thiazole rings is 1. The third kappa shape index (κ3) is 2.61. The Bertz CT molecular complexity index is 882. The molecule has 3 aromatic heterocycles. The maximum Gasteiger partial charge on any atom is 0.194 e. The zero-order valence-corrected chi connectivity index (χ0v) is 17.0. The Labute approximate surface area is 170 Å². The summed E-state index contributed by atoms with van der Waals surface area (Å²) >= 11 is 1.75. The van der Waals surface area contributed by atoms with Crippen LogP contribution in [0.1, 0.15) is 44.2 Å². The normalized spacial score (nSPS) is 31.6. The second kappa shape index (κ2) is 6.50. The van der Waals surface area contributed by atoms with Crippen LogP contribution in [0.2, 0.25) is 0 Å². The van der Waals surface area contributed by atoms with Crippen LogP contribution in [0.3, 0.4) is 0 Å². The van der Waals surface area contributed by atoms with Crippen molar-refractivity contribution in [3.05, 3.63) is 41.7 Å². The van der Waals surface area contributed by atoms with Crippen LogP contribution in [0.25, 0.3) is 16.3 Å². The molecule has 0 amide bonds. The molecule has 6 heteroatoms. The van der Waals surface area contributed by atoms with Crippen LogP contribution < -0.4 is 0 Å². The first-order chi connectivity index (χ1) is 11.8. The van der Waals surface area contributed by atoms with Gasteiger partial charge in [-0.1, -0.05) is 6.07 Å². The van der Waals surface area contributed by atoms with Crippen LogP contribution in [0.15, 0.2) is 36.0 Å². The van der Waals surface area contributed by atoms with Crippen molar-refractivity contribution >= 4 is 41.1 Å². The second-order valence-electron chi connectivity index (χ2n) is 8.31. The molecule has 0 N–H and O–H groups in total. The van der Waals surface area contributed by atoms with Gasteiger partial charge in [0, 0.05) is 23.2 Å². The van der Waals surface area contributed by atoms with Crippen LogP contribution >= 0.6 is 36.2 Å². The lowest BCUT2D eigenvalue weighted by atomic mass is 9.49. The summed E-state index contributed by atoms with van der Waals surface area (Å²) in [6.45, 7) is 0. The van der Waals surface area contributed by atoms with E-state index in [4.69, 9.17) is 4.98 Å². The predicted octanol–water partition coefficient (Wildman–Crippen LogP) is 5.77. The van der Waals surface area contributed by atoms with E-state index in [1.165, 1.54) is 49.9 Å². The summed E-state index contributed by atoms with van der Waals surface area (Å²) in [6.07, 6.45) is 12.8. The molecule has 0 spiro atoms. The van der Waals surface area contributed by atoms with Crippen molar-refractivity contribution in [1.29, 1.82) is 0 Å². The first-order valence-corrected chi connectivity index (χ1v) is 10.1. The fourth-order valence-electron chi connectivity index (χ4n) is 6.16. The van der Waals surface area contributed by atoms with Crippen molar-refractivity contribution in [2.24, 2.45) is 17.8 Å². The Morgan fingerprint density at radius 1 is 1.00 bits per heavy atom. The van der Waals surface area contributed by atoms with Gasteiger partial charge in [0.25, 0.3) is 0 Å². The van der Waals surface area contributed by atoms with E-state index in [-0.39, 0.29) is 24.8 Å². The molecular weight excluding hydrogens is 385 g/mol. The Kier molecular flexibility index (Phi) is 4.57. The van der Waals surface area contributed by atoms with Gasteiger partial charge in [0.1, 0.15) is 0 Å². The van der Waals surface area contributed by atoms with E-state index in [0.717, 1.165) is 28.4 Å². The van der Waals surface area contributed by atoms with E-state index in [1.807, 2.05) is 12.3 Å². The smallest absolute Gasteiger partial charge is 0.194 e. The van der Waals surface area contributed by atoms with Gasteiger partial charge in [-0.2, -0.15) is 0 Å². The summed E-state index contributed by atoms with van der Waals surface area (Å²) in [7, 11) is 0. The number of aromatic nitrogens is 3. The third-order valence-corrected chi connectivity index (χ3v) is 7.56. The molecule has 0 unspecified atom stereocenters. The van der Waals surface area contributed by atoms with Crippen molar-refractivity contribution < 1.29 is 0 Å². The molecule has 3 nitrogen and oxygen atoms in total. The third-order valence-electron chi connectivity index (χ3n) is 6.72. The number of halogens is 2. The second-order valence-corrected chi connectivity index (χ2v) is 9.15. The summed E-state index contributed by atoms with van der Waals surface area (Å²) in [4.78, 5) is 10.8. The Morgan fingerprint density at radius 2 is 1.69 bits per heavy atom.